The largest absolute Gasteiger partial charge is 0.368 e. The first-order valence-electron chi connectivity index (χ1n) is 7.73. The molecule has 0 fully saturated rings. The van der Waals surface area contributed by atoms with Gasteiger partial charge in [-0.15, -0.1) is 5.10 Å². The van der Waals surface area contributed by atoms with Crippen molar-refractivity contribution in [2.45, 2.75) is 29.7 Å². The standard InChI is InChI=1S/C14H19N7O2S2/c1-3-21(4-2)25(22,23)9-5-6-10-11(7-9)17-12(16-10)8-24-14-18-13(15)19-20-14/h5-7H,3-4,8H2,1-2H3,(H,16,17)(H3,15,18,19,20). The molecule has 0 saturated heterocycles. The number of hydrogen-bond acceptors (Lipinski definition) is 7. The molecule has 0 spiro atoms. The van der Waals surface area contributed by atoms with Crippen LogP contribution in [0.5, 0.6) is 0 Å². The number of nitrogen functional groups attached to an aromatic ring is 1. The zero-order chi connectivity index (χ0) is 18.0. The third kappa shape index (κ3) is 3.62. The maximum Gasteiger partial charge on any atom is 0.243 e. The fourth-order valence-electron chi connectivity index (χ4n) is 2.44. The van der Waals surface area contributed by atoms with Gasteiger partial charge in [-0.1, -0.05) is 25.6 Å². The highest BCUT2D eigenvalue weighted by Gasteiger charge is 2.22. The molecule has 0 amide bonds. The van der Waals surface area contributed by atoms with E-state index in [2.05, 4.69) is 25.1 Å². The highest BCUT2D eigenvalue weighted by Crippen LogP contribution is 2.23. The van der Waals surface area contributed by atoms with E-state index in [-0.39, 0.29) is 10.8 Å². The number of imidazole rings is 1. The van der Waals surface area contributed by atoms with Crippen molar-refractivity contribution in [2.24, 2.45) is 0 Å². The van der Waals surface area contributed by atoms with Crippen molar-refractivity contribution in [3.8, 4) is 0 Å². The van der Waals surface area contributed by atoms with Crippen LogP contribution in [0.3, 0.4) is 0 Å². The average Bonchev–Trinajstić information content (AvgIpc) is 3.18. The molecule has 25 heavy (non-hydrogen) atoms. The second-order valence-corrected chi connectivity index (χ2v) is 8.12. The molecule has 9 nitrogen and oxygen atoms in total. The zero-order valence-electron chi connectivity index (χ0n) is 13.9. The molecule has 0 saturated carbocycles. The van der Waals surface area contributed by atoms with Crippen molar-refractivity contribution in [2.75, 3.05) is 18.8 Å². The van der Waals surface area contributed by atoms with Crippen molar-refractivity contribution in [1.29, 1.82) is 0 Å². The number of aromatic amines is 2. The minimum absolute atomic E-state index is 0.258. The normalized spacial score (nSPS) is 12.3. The monoisotopic (exact) mass is 381 g/mol. The molecule has 0 aliphatic rings. The topological polar surface area (TPSA) is 134 Å². The summed E-state index contributed by atoms with van der Waals surface area (Å²) in [7, 11) is -3.49. The van der Waals surface area contributed by atoms with E-state index in [1.807, 2.05) is 13.8 Å². The van der Waals surface area contributed by atoms with Gasteiger partial charge in [-0.05, 0) is 18.2 Å². The van der Waals surface area contributed by atoms with Crippen LogP contribution in [0.4, 0.5) is 5.95 Å². The van der Waals surface area contributed by atoms with Gasteiger partial charge in [-0.25, -0.2) is 18.5 Å². The van der Waals surface area contributed by atoms with Gasteiger partial charge >= 0.3 is 0 Å². The predicted molar refractivity (Wildman–Crippen MR) is 96.6 cm³/mol. The van der Waals surface area contributed by atoms with Gasteiger partial charge in [-0.2, -0.15) is 9.29 Å². The highest BCUT2D eigenvalue weighted by atomic mass is 32.2. The Morgan fingerprint density at radius 3 is 2.64 bits per heavy atom. The molecule has 134 valence electrons. The van der Waals surface area contributed by atoms with Gasteiger partial charge in [0.2, 0.25) is 21.1 Å². The fourth-order valence-corrected chi connectivity index (χ4v) is 4.60. The summed E-state index contributed by atoms with van der Waals surface area (Å²) in [5, 5.41) is 7.05. The Morgan fingerprint density at radius 1 is 1.24 bits per heavy atom. The van der Waals surface area contributed by atoms with Crippen LogP contribution in [0.15, 0.2) is 28.3 Å². The Balaban J connectivity index is 1.84. The quantitative estimate of drug-likeness (QED) is 0.529. The number of fused-ring (bicyclic) bond motifs is 1. The van der Waals surface area contributed by atoms with Crippen molar-refractivity contribution in [3.63, 3.8) is 0 Å². The molecule has 0 atom stereocenters. The Hall–Kier alpha value is -2.11. The van der Waals surface area contributed by atoms with E-state index in [9.17, 15) is 8.42 Å². The second kappa shape index (κ2) is 7.02. The molecule has 0 unspecified atom stereocenters. The number of anilines is 1. The molecule has 11 heteroatoms. The van der Waals surface area contributed by atoms with Gasteiger partial charge in [0.25, 0.3) is 0 Å². The molecule has 0 bridgehead atoms. The highest BCUT2D eigenvalue weighted by molar-refractivity contribution is 7.98. The van der Waals surface area contributed by atoms with Gasteiger partial charge in [0.1, 0.15) is 5.82 Å². The number of H-pyrrole nitrogens is 2. The summed E-state index contributed by atoms with van der Waals surface area (Å²) >= 11 is 1.38. The second-order valence-electron chi connectivity index (χ2n) is 5.24. The summed E-state index contributed by atoms with van der Waals surface area (Å²) < 4.78 is 26.7. The molecule has 2 heterocycles. The molecule has 2 aromatic heterocycles. The Kier molecular flexibility index (Phi) is 4.97. The summed E-state index contributed by atoms with van der Waals surface area (Å²) in [5.41, 5.74) is 6.88. The maximum atomic E-state index is 12.6. The summed E-state index contributed by atoms with van der Waals surface area (Å²) in [4.78, 5) is 11.9. The van der Waals surface area contributed by atoms with Crippen LogP contribution >= 0.6 is 11.8 Å². The van der Waals surface area contributed by atoms with Crippen molar-refractivity contribution in [3.05, 3.63) is 24.0 Å². The Morgan fingerprint density at radius 2 is 2.00 bits per heavy atom. The number of rotatable bonds is 7. The van der Waals surface area contributed by atoms with Crippen molar-refractivity contribution < 1.29 is 8.42 Å². The van der Waals surface area contributed by atoms with E-state index < -0.39 is 10.0 Å². The molecule has 0 radical (unpaired) electrons. The van der Waals surface area contributed by atoms with Crippen LogP contribution in [0.2, 0.25) is 0 Å². The molecule has 0 aliphatic carbocycles. The number of nitrogens with one attached hydrogen (secondary N) is 2. The Bertz CT molecular complexity index is 976. The van der Waals surface area contributed by atoms with E-state index in [0.717, 1.165) is 0 Å². The zero-order valence-corrected chi connectivity index (χ0v) is 15.5. The van der Waals surface area contributed by atoms with E-state index >= 15 is 0 Å². The number of sulfonamides is 1. The minimum Gasteiger partial charge on any atom is -0.368 e. The lowest BCUT2D eigenvalue weighted by atomic mass is 10.3. The van der Waals surface area contributed by atoms with Crippen LogP contribution in [0, 0.1) is 0 Å². The predicted octanol–water partition coefficient (Wildman–Crippen LogP) is 1.59. The number of aromatic nitrogens is 5. The van der Waals surface area contributed by atoms with Crippen LogP contribution in [0.1, 0.15) is 19.7 Å². The fraction of sp³-hybridized carbons (Fsp3) is 0.357. The maximum absolute atomic E-state index is 12.6. The van der Waals surface area contributed by atoms with Crippen LogP contribution in [0.25, 0.3) is 11.0 Å². The average molecular weight is 381 g/mol. The molecule has 0 aliphatic heterocycles. The van der Waals surface area contributed by atoms with E-state index in [1.165, 1.54) is 16.1 Å². The molecule has 3 rings (SSSR count). The number of thioether (sulfide) groups is 1. The molecule has 1 aromatic carbocycles. The number of nitrogens with zero attached hydrogens (tertiary/aromatic N) is 4. The lowest BCUT2D eigenvalue weighted by Gasteiger charge is -2.18. The van der Waals surface area contributed by atoms with E-state index in [1.54, 1.807) is 18.2 Å². The van der Waals surface area contributed by atoms with Gasteiger partial charge in [0.15, 0.2) is 0 Å². The number of hydrogen-bond donors (Lipinski definition) is 3. The third-order valence-electron chi connectivity index (χ3n) is 3.67. The van der Waals surface area contributed by atoms with Crippen LogP contribution < -0.4 is 5.73 Å². The first-order chi connectivity index (χ1) is 11.9. The molecule has 3 aromatic rings. The smallest absolute Gasteiger partial charge is 0.243 e. The van der Waals surface area contributed by atoms with Crippen LogP contribution in [-0.4, -0.2) is 51.0 Å². The van der Waals surface area contributed by atoms with Gasteiger partial charge in [-0.3, -0.25) is 0 Å². The van der Waals surface area contributed by atoms with Gasteiger partial charge in [0, 0.05) is 13.1 Å². The van der Waals surface area contributed by atoms with E-state index in [4.69, 9.17) is 5.73 Å². The Labute approximate surface area is 149 Å². The van der Waals surface area contributed by atoms with E-state index in [0.29, 0.717) is 40.9 Å². The number of nitrogens with two attached hydrogens (primary N) is 1. The lowest BCUT2D eigenvalue weighted by molar-refractivity contribution is 0.445. The van der Waals surface area contributed by atoms with Crippen molar-refractivity contribution >= 4 is 38.8 Å². The molecular formula is C14H19N7O2S2. The first kappa shape index (κ1) is 17.7. The van der Waals surface area contributed by atoms with Crippen LogP contribution in [-0.2, 0) is 15.8 Å². The van der Waals surface area contributed by atoms with Crippen molar-refractivity contribution in [1.82, 2.24) is 29.5 Å². The number of benzene rings is 1. The summed E-state index contributed by atoms with van der Waals surface area (Å²) in [6.07, 6.45) is 0. The third-order valence-corrected chi connectivity index (χ3v) is 6.57. The first-order valence-corrected chi connectivity index (χ1v) is 10.2. The van der Waals surface area contributed by atoms with Gasteiger partial charge in [0.05, 0.1) is 21.7 Å². The summed E-state index contributed by atoms with van der Waals surface area (Å²) in [6, 6.07) is 4.92. The summed E-state index contributed by atoms with van der Waals surface area (Å²) in [6.45, 7) is 4.50. The van der Waals surface area contributed by atoms with Gasteiger partial charge < -0.3 is 10.7 Å². The molecule has 4 N–H and O–H groups in total. The molecular weight excluding hydrogens is 362 g/mol. The summed E-state index contributed by atoms with van der Waals surface area (Å²) in [5.74, 6) is 1.49. The lowest BCUT2D eigenvalue weighted by Crippen LogP contribution is -2.30. The minimum atomic E-state index is -3.49. The SMILES string of the molecule is CCN(CC)S(=O)(=O)c1ccc2nc(CSc3n[nH]c(N)n3)[nH]c2c1.